The topological polar surface area (TPSA) is 49.7 Å². The van der Waals surface area contributed by atoms with Crippen molar-refractivity contribution in [3.8, 4) is 0 Å². The normalized spacial score (nSPS) is 15.4. The molecule has 0 bridgehead atoms. The van der Waals surface area contributed by atoms with Crippen molar-refractivity contribution in [1.82, 2.24) is 0 Å². The number of rotatable bonds is 4. The van der Waals surface area contributed by atoms with Crippen LogP contribution in [0, 0.1) is 0 Å². The molecule has 0 spiro atoms. The molecule has 0 saturated heterocycles. The van der Waals surface area contributed by atoms with Crippen molar-refractivity contribution in [2.24, 2.45) is 0 Å². The number of hydrogen-bond donors (Lipinski definition) is 2. The third-order valence-electron chi connectivity index (χ3n) is 0.541. The molecular weight excluding hydrogens is 150 g/mol. The van der Waals surface area contributed by atoms with E-state index >= 15 is 0 Å². The first-order valence-electron chi connectivity index (χ1n) is 2.07. The summed E-state index contributed by atoms with van der Waals surface area (Å²) in [7, 11) is -0.145. The maximum Gasteiger partial charge on any atom is 0.110 e. The molecule has 8 heavy (non-hydrogen) atoms. The molecule has 0 radical (unpaired) electrons. The van der Waals surface area contributed by atoms with E-state index in [-0.39, 0.29) is 21.4 Å². The SMILES string of the molecule is OCC(O)COPCl. The molecule has 0 aromatic heterocycles. The fraction of sp³-hybridized carbons (Fsp3) is 1.00. The summed E-state index contributed by atoms with van der Waals surface area (Å²) in [6.07, 6.45) is -0.791. The Labute approximate surface area is 54.3 Å². The van der Waals surface area contributed by atoms with Crippen LogP contribution >= 0.6 is 19.4 Å². The predicted molar refractivity (Wildman–Crippen MR) is 33.2 cm³/mol. The molecule has 0 aliphatic heterocycles. The summed E-state index contributed by atoms with van der Waals surface area (Å²) in [4.78, 5) is 0. The zero-order valence-electron chi connectivity index (χ0n) is 4.17. The van der Waals surface area contributed by atoms with Crippen molar-refractivity contribution in [3.05, 3.63) is 0 Å². The molecule has 0 fully saturated rings. The lowest BCUT2D eigenvalue weighted by atomic mass is 10.4. The van der Waals surface area contributed by atoms with E-state index in [9.17, 15) is 0 Å². The van der Waals surface area contributed by atoms with E-state index in [1.807, 2.05) is 0 Å². The Bertz CT molecular complexity index is 53.8. The molecule has 2 N–H and O–H groups in total. The monoisotopic (exact) mass is 158 g/mol. The smallest absolute Gasteiger partial charge is 0.110 e. The van der Waals surface area contributed by atoms with Crippen LogP contribution in [-0.4, -0.2) is 29.5 Å². The molecule has 0 aromatic rings. The molecule has 0 amide bonds. The number of aliphatic hydroxyl groups is 2. The molecular formula is C3H8ClO3P. The summed E-state index contributed by atoms with van der Waals surface area (Å²) in [6, 6.07) is 0. The van der Waals surface area contributed by atoms with E-state index in [1.165, 1.54) is 0 Å². The fourth-order valence-electron chi connectivity index (χ4n) is 0.180. The van der Waals surface area contributed by atoms with Gasteiger partial charge < -0.3 is 14.7 Å². The Balaban J connectivity index is 2.86. The highest BCUT2D eigenvalue weighted by Crippen LogP contribution is 2.16. The van der Waals surface area contributed by atoms with Gasteiger partial charge in [-0.25, -0.2) is 0 Å². The van der Waals surface area contributed by atoms with E-state index < -0.39 is 6.10 Å². The van der Waals surface area contributed by atoms with Crippen molar-refractivity contribution in [2.45, 2.75) is 6.10 Å². The lowest BCUT2D eigenvalue weighted by Gasteiger charge is -2.03. The van der Waals surface area contributed by atoms with Crippen LogP contribution in [0.4, 0.5) is 0 Å². The Morgan fingerprint density at radius 2 is 2.38 bits per heavy atom. The van der Waals surface area contributed by atoms with Gasteiger partial charge in [-0.1, -0.05) is 11.2 Å². The van der Waals surface area contributed by atoms with E-state index in [0.29, 0.717) is 0 Å². The van der Waals surface area contributed by atoms with Crippen LogP contribution in [0.3, 0.4) is 0 Å². The maximum absolute atomic E-state index is 8.56. The summed E-state index contributed by atoms with van der Waals surface area (Å²) in [5.74, 6) is 0. The fourth-order valence-corrected chi connectivity index (χ4v) is 0.625. The van der Waals surface area contributed by atoms with Crippen molar-refractivity contribution in [3.63, 3.8) is 0 Å². The van der Waals surface area contributed by atoms with Crippen LogP contribution in [0.2, 0.25) is 0 Å². The van der Waals surface area contributed by atoms with E-state index in [1.54, 1.807) is 0 Å². The van der Waals surface area contributed by atoms with Gasteiger partial charge in [-0.15, -0.1) is 0 Å². The van der Waals surface area contributed by atoms with Crippen LogP contribution < -0.4 is 0 Å². The van der Waals surface area contributed by atoms with Gasteiger partial charge in [0.2, 0.25) is 0 Å². The first-order valence-corrected chi connectivity index (χ1v) is 3.99. The molecule has 0 rings (SSSR count). The minimum atomic E-state index is -0.791. The highest BCUT2D eigenvalue weighted by atomic mass is 35.7. The molecule has 0 aliphatic carbocycles. The molecule has 3 nitrogen and oxygen atoms in total. The third-order valence-corrected chi connectivity index (χ3v) is 1.14. The van der Waals surface area contributed by atoms with Gasteiger partial charge in [0.1, 0.15) is 14.3 Å². The maximum atomic E-state index is 8.56. The van der Waals surface area contributed by atoms with Crippen LogP contribution in [0.1, 0.15) is 0 Å². The van der Waals surface area contributed by atoms with Crippen molar-refractivity contribution in [2.75, 3.05) is 13.2 Å². The number of aliphatic hydroxyl groups excluding tert-OH is 2. The van der Waals surface area contributed by atoms with Crippen molar-refractivity contribution < 1.29 is 14.7 Å². The minimum Gasteiger partial charge on any atom is -0.394 e. The molecule has 0 aliphatic rings. The molecule has 2 atom stereocenters. The molecule has 50 valence electrons. The second kappa shape index (κ2) is 5.73. The van der Waals surface area contributed by atoms with Crippen LogP contribution in [0.15, 0.2) is 0 Å². The molecule has 0 saturated carbocycles. The molecule has 2 unspecified atom stereocenters. The Morgan fingerprint density at radius 3 is 2.75 bits per heavy atom. The summed E-state index contributed by atoms with van der Waals surface area (Å²) in [5, 5.41) is 16.8. The van der Waals surface area contributed by atoms with Crippen molar-refractivity contribution in [1.29, 1.82) is 0 Å². The number of halogens is 1. The summed E-state index contributed by atoms with van der Waals surface area (Å²) >= 11 is 5.12. The second-order valence-corrected chi connectivity index (χ2v) is 2.13. The molecule has 0 heterocycles. The molecule has 5 heteroatoms. The Hall–Kier alpha value is 0.600. The summed E-state index contributed by atoms with van der Waals surface area (Å²) in [5.41, 5.74) is 0. The van der Waals surface area contributed by atoms with E-state index in [2.05, 4.69) is 4.52 Å². The van der Waals surface area contributed by atoms with E-state index in [4.69, 9.17) is 21.5 Å². The Kier molecular flexibility index (Phi) is 6.16. The zero-order valence-corrected chi connectivity index (χ0v) is 5.93. The van der Waals surface area contributed by atoms with Gasteiger partial charge in [0, 0.05) is 0 Å². The first kappa shape index (κ1) is 8.60. The van der Waals surface area contributed by atoms with Gasteiger partial charge in [0.25, 0.3) is 0 Å². The van der Waals surface area contributed by atoms with Crippen molar-refractivity contribution >= 4 is 19.4 Å². The lowest BCUT2D eigenvalue weighted by molar-refractivity contribution is 0.0594. The summed E-state index contributed by atoms with van der Waals surface area (Å²) < 4.78 is 4.57. The number of hydrogen-bond acceptors (Lipinski definition) is 3. The average molecular weight is 159 g/mol. The largest absolute Gasteiger partial charge is 0.394 e. The third kappa shape index (κ3) is 4.75. The predicted octanol–water partition coefficient (Wildman–Crippen LogP) is 0.104. The second-order valence-electron chi connectivity index (χ2n) is 1.22. The highest BCUT2D eigenvalue weighted by Gasteiger charge is 1.98. The van der Waals surface area contributed by atoms with Crippen LogP contribution in [0.25, 0.3) is 0 Å². The van der Waals surface area contributed by atoms with Gasteiger partial charge in [0.05, 0.1) is 13.2 Å². The average Bonchev–Trinajstić information content (AvgIpc) is 1.83. The van der Waals surface area contributed by atoms with Gasteiger partial charge in [-0.2, -0.15) is 0 Å². The highest BCUT2D eigenvalue weighted by molar-refractivity contribution is 7.64. The minimum absolute atomic E-state index is 0.110. The first-order chi connectivity index (χ1) is 3.81. The van der Waals surface area contributed by atoms with Crippen LogP contribution in [0.5, 0.6) is 0 Å². The lowest BCUT2D eigenvalue weighted by Crippen LogP contribution is -2.16. The standard InChI is InChI=1S/C3H8ClO3P/c4-8-7-2-3(6)1-5/h3,5-6,8H,1-2H2. The summed E-state index contributed by atoms with van der Waals surface area (Å²) in [6.45, 7) is -0.167. The van der Waals surface area contributed by atoms with Gasteiger partial charge >= 0.3 is 0 Å². The van der Waals surface area contributed by atoms with Gasteiger partial charge in [-0.3, -0.25) is 0 Å². The molecule has 0 aromatic carbocycles. The zero-order chi connectivity index (χ0) is 6.41. The van der Waals surface area contributed by atoms with Gasteiger partial charge in [-0.05, 0) is 0 Å². The van der Waals surface area contributed by atoms with Crippen LogP contribution in [-0.2, 0) is 4.52 Å². The quantitative estimate of drug-likeness (QED) is 0.571. The Morgan fingerprint density at radius 1 is 1.75 bits per heavy atom. The van der Waals surface area contributed by atoms with Gasteiger partial charge in [0.15, 0.2) is 0 Å². The van der Waals surface area contributed by atoms with E-state index in [0.717, 1.165) is 0 Å².